The van der Waals surface area contributed by atoms with Gasteiger partial charge < -0.3 is 5.32 Å². The highest BCUT2D eigenvalue weighted by molar-refractivity contribution is 7.98. The third kappa shape index (κ3) is 3.10. The molecule has 124 valence electrons. The zero-order valence-corrected chi connectivity index (χ0v) is 14.8. The summed E-state index contributed by atoms with van der Waals surface area (Å²) < 4.78 is 0. The summed E-state index contributed by atoms with van der Waals surface area (Å²) in [7, 11) is 0. The van der Waals surface area contributed by atoms with E-state index >= 15 is 0 Å². The highest BCUT2D eigenvalue weighted by Crippen LogP contribution is 2.42. The summed E-state index contributed by atoms with van der Waals surface area (Å²) in [6, 6.07) is 17.9. The highest BCUT2D eigenvalue weighted by Gasteiger charge is 2.38. The van der Waals surface area contributed by atoms with Crippen LogP contribution in [0.25, 0.3) is 0 Å². The van der Waals surface area contributed by atoms with Gasteiger partial charge in [-0.15, -0.1) is 11.8 Å². The fourth-order valence-electron chi connectivity index (χ4n) is 4.21. The van der Waals surface area contributed by atoms with Gasteiger partial charge in [0.2, 0.25) is 5.91 Å². The van der Waals surface area contributed by atoms with Crippen LogP contribution in [-0.4, -0.2) is 11.9 Å². The normalized spacial score (nSPS) is 25.5. The van der Waals surface area contributed by atoms with Gasteiger partial charge in [0.25, 0.3) is 0 Å². The molecular formula is C21H23NOS. The first kappa shape index (κ1) is 15.8. The molecule has 2 aromatic rings. The van der Waals surface area contributed by atoms with E-state index in [0.29, 0.717) is 24.3 Å². The molecule has 24 heavy (non-hydrogen) atoms. The van der Waals surface area contributed by atoms with Crippen LogP contribution in [0.15, 0.2) is 53.4 Å². The van der Waals surface area contributed by atoms with Gasteiger partial charge in [0.05, 0.1) is 0 Å². The quantitative estimate of drug-likeness (QED) is 0.834. The van der Waals surface area contributed by atoms with E-state index in [0.717, 1.165) is 18.6 Å². The lowest BCUT2D eigenvalue weighted by atomic mass is 9.70. The summed E-state index contributed by atoms with van der Waals surface area (Å²) >= 11 is 1.91. The van der Waals surface area contributed by atoms with Gasteiger partial charge in [0, 0.05) is 29.0 Å². The molecule has 1 aliphatic heterocycles. The van der Waals surface area contributed by atoms with Crippen LogP contribution in [-0.2, 0) is 17.0 Å². The van der Waals surface area contributed by atoms with Crippen molar-refractivity contribution < 1.29 is 4.79 Å². The van der Waals surface area contributed by atoms with Crippen molar-refractivity contribution in [3.63, 3.8) is 0 Å². The van der Waals surface area contributed by atoms with Crippen molar-refractivity contribution in [2.45, 2.75) is 48.8 Å². The molecule has 3 atom stereocenters. The molecule has 2 aromatic carbocycles. The van der Waals surface area contributed by atoms with Crippen molar-refractivity contribution in [3.8, 4) is 0 Å². The first-order chi connectivity index (χ1) is 11.7. The van der Waals surface area contributed by atoms with Crippen LogP contribution in [0.5, 0.6) is 0 Å². The summed E-state index contributed by atoms with van der Waals surface area (Å²) in [6.07, 6.45) is 2.80. The van der Waals surface area contributed by atoms with Gasteiger partial charge in [0.1, 0.15) is 0 Å². The maximum absolute atomic E-state index is 11.8. The Morgan fingerprint density at radius 2 is 2.00 bits per heavy atom. The second kappa shape index (κ2) is 6.64. The number of aryl methyl sites for hydroxylation is 1. The number of carbonyl (C=O) groups excluding carboxylic acids is 1. The molecule has 3 heteroatoms. The number of thioether (sulfide) groups is 1. The number of amides is 1. The molecule has 1 amide bonds. The van der Waals surface area contributed by atoms with Gasteiger partial charge in [-0.1, -0.05) is 43.3 Å². The Morgan fingerprint density at radius 1 is 1.17 bits per heavy atom. The maximum atomic E-state index is 11.8. The smallest absolute Gasteiger partial charge is 0.220 e. The average molecular weight is 337 g/mol. The van der Waals surface area contributed by atoms with Gasteiger partial charge >= 0.3 is 0 Å². The van der Waals surface area contributed by atoms with Crippen LogP contribution in [0.3, 0.4) is 0 Å². The molecule has 1 aliphatic carbocycles. The number of piperidine rings is 1. The van der Waals surface area contributed by atoms with Crippen LogP contribution < -0.4 is 5.32 Å². The first-order valence-electron chi connectivity index (χ1n) is 8.79. The van der Waals surface area contributed by atoms with E-state index in [9.17, 15) is 4.79 Å². The second-order valence-electron chi connectivity index (χ2n) is 7.05. The lowest BCUT2D eigenvalue weighted by Gasteiger charge is -2.41. The summed E-state index contributed by atoms with van der Waals surface area (Å²) in [5.74, 6) is 2.16. The van der Waals surface area contributed by atoms with E-state index in [-0.39, 0.29) is 5.91 Å². The Kier molecular flexibility index (Phi) is 4.36. The predicted molar refractivity (Wildman–Crippen MR) is 99.2 cm³/mol. The fourth-order valence-corrected chi connectivity index (χ4v) is 5.13. The summed E-state index contributed by atoms with van der Waals surface area (Å²) in [5, 5.41) is 3.21. The molecule has 0 bridgehead atoms. The predicted octanol–water partition coefficient (Wildman–Crippen LogP) is 4.53. The Hall–Kier alpha value is -1.74. The number of fused-ring (bicyclic) bond motifs is 3. The van der Waals surface area contributed by atoms with Gasteiger partial charge in [-0.05, 0) is 47.6 Å². The van der Waals surface area contributed by atoms with Crippen LogP contribution in [0.2, 0.25) is 0 Å². The number of hydrogen-bond donors (Lipinski definition) is 1. The van der Waals surface area contributed by atoms with Crippen molar-refractivity contribution >= 4 is 17.7 Å². The van der Waals surface area contributed by atoms with Gasteiger partial charge in [-0.2, -0.15) is 0 Å². The van der Waals surface area contributed by atoms with Crippen molar-refractivity contribution in [3.05, 3.63) is 65.2 Å². The minimum Gasteiger partial charge on any atom is -0.353 e. The number of carbonyl (C=O) groups is 1. The van der Waals surface area contributed by atoms with Crippen molar-refractivity contribution in [1.82, 2.24) is 5.32 Å². The van der Waals surface area contributed by atoms with E-state index in [1.165, 1.54) is 21.6 Å². The third-order valence-corrected chi connectivity index (χ3v) is 6.41. The lowest BCUT2D eigenvalue weighted by molar-refractivity contribution is -0.125. The largest absolute Gasteiger partial charge is 0.353 e. The molecular weight excluding hydrogens is 314 g/mol. The summed E-state index contributed by atoms with van der Waals surface area (Å²) in [4.78, 5) is 13.2. The Bertz CT molecular complexity index is 743. The zero-order valence-electron chi connectivity index (χ0n) is 14.0. The maximum Gasteiger partial charge on any atom is 0.220 e. The van der Waals surface area contributed by atoms with Gasteiger partial charge in [0.15, 0.2) is 0 Å². The Labute approximate surface area is 148 Å². The Balaban J connectivity index is 1.53. The molecule has 1 saturated heterocycles. The van der Waals surface area contributed by atoms with Gasteiger partial charge in [-0.3, -0.25) is 4.79 Å². The lowest BCUT2D eigenvalue weighted by Crippen LogP contribution is -2.49. The SMILES string of the molecule is CC1CC(=O)NC2CCc3cc(SCc4ccccc4)ccc3C12. The van der Waals surface area contributed by atoms with Gasteiger partial charge in [-0.25, -0.2) is 0 Å². The summed E-state index contributed by atoms with van der Waals surface area (Å²) in [5.41, 5.74) is 4.31. The topological polar surface area (TPSA) is 29.1 Å². The second-order valence-corrected chi connectivity index (χ2v) is 8.10. The molecule has 2 nitrogen and oxygen atoms in total. The fraction of sp³-hybridized carbons (Fsp3) is 0.381. The highest BCUT2D eigenvalue weighted by atomic mass is 32.2. The minimum absolute atomic E-state index is 0.224. The average Bonchev–Trinajstić information content (AvgIpc) is 2.60. The number of hydrogen-bond acceptors (Lipinski definition) is 2. The minimum atomic E-state index is 0.224. The molecule has 0 aromatic heterocycles. The van der Waals surface area contributed by atoms with E-state index in [1.54, 1.807) is 0 Å². The van der Waals surface area contributed by atoms with E-state index < -0.39 is 0 Å². The van der Waals surface area contributed by atoms with E-state index in [4.69, 9.17) is 0 Å². The third-order valence-electron chi connectivity index (χ3n) is 5.35. The molecule has 2 aliphatic rings. The number of rotatable bonds is 3. The van der Waals surface area contributed by atoms with Crippen LogP contribution >= 0.6 is 11.8 Å². The number of nitrogens with one attached hydrogen (secondary N) is 1. The summed E-state index contributed by atoms with van der Waals surface area (Å²) in [6.45, 7) is 2.23. The van der Waals surface area contributed by atoms with Crippen LogP contribution in [0.4, 0.5) is 0 Å². The first-order valence-corrected chi connectivity index (χ1v) is 9.78. The Morgan fingerprint density at radius 3 is 2.83 bits per heavy atom. The van der Waals surface area contributed by atoms with Crippen LogP contribution in [0, 0.1) is 5.92 Å². The standard InChI is InChI=1S/C21H23NOS/c1-14-11-20(23)22-19-10-7-16-12-17(8-9-18(16)21(14)19)24-13-15-5-3-2-4-6-15/h2-6,8-9,12,14,19,21H,7,10-11,13H2,1H3,(H,22,23). The van der Waals surface area contributed by atoms with Crippen LogP contribution in [0.1, 0.15) is 42.4 Å². The van der Waals surface area contributed by atoms with Crippen molar-refractivity contribution in [2.24, 2.45) is 5.92 Å². The molecule has 1 fully saturated rings. The molecule has 4 rings (SSSR count). The molecule has 1 heterocycles. The van der Waals surface area contributed by atoms with Crippen molar-refractivity contribution in [2.75, 3.05) is 0 Å². The van der Waals surface area contributed by atoms with E-state index in [1.807, 2.05) is 11.8 Å². The molecule has 3 unspecified atom stereocenters. The molecule has 0 spiro atoms. The monoisotopic (exact) mass is 337 g/mol. The molecule has 0 saturated carbocycles. The van der Waals surface area contributed by atoms with Crippen molar-refractivity contribution in [1.29, 1.82) is 0 Å². The molecule has 1 N–H and O–H groups in total. The van der Waals surface area contributed by atoms with E-state index in [2.05, 4.69) is 60.8 Å². The number of benzene rings is 2. The zero-order chi connectivity index (χ0) is 16.5. The molecule has 0 radical (unpaired) electrons.